The lowest BCUT2D eigenvalue weighted by molar-refractivity contribution is -0.118. The smallest absolute Gasteiger partial charge is 0.130 e. The molecule has 0 aliphatic rings. The van der Waals surface area contributed by atoms with E-state index in [1.165, 1.54) is 0 Å². The highest BCUT2D eigenvalue weighted by Crippen LogP contribution is 2.30. The average Bonchev–Trinajstić information content (AvgIpc) is 2.76. The molecule has 2 aromatic rings. The van der Waals surface area contributed by atoms with Gasteiger partial charge in [0.2, 0.25) is 0 Å². The van der Waals surface area contributed by atoms with Gasteiger partial charge in [-0.15, -0.1) is 11.3 Å². The van der Waals surface area contributed by atoms with E-state index in [1.807, 2.05) is 18.2 Å². The van der Waals surface area contributed by atoms with Crippen LogP contribution in [0.4, 0.5) is 0 Å². The summed E-state index contributed by atoms with van der Waals surface area (Å²) in [6.45, 7) is 5.90. The van der Waals surface area contributed by atoms with Crippen molar-refractivity contribution in [1.29, 1.82) is 0 Å². The normalized spacial score (nSPS) is 11.5. The van der Waals surface area contributed by atoms with Crippen molar-refractivity contribution in [1.82, 2.24) is 4.98 Å². The molecule has 1 aromatic carbocycles. The fraction of sp³-hybridized carbons (Fsp3) is 0.375. The Bertz CT molecular complexity index is 557. The van der Waals surface area contributed by atoms with Crippen LogP contribution in [0.15, 0.2) is 35.7 Å². The Morgan fingerprint density at radius 2 is 1.95 bits per heavy atom. The van der Waals surface area contributed by atoms with E-state index in [-0.39, 0.29) is 11.2 Å². The van der Waals surface area contributed by atoms with Gasteiger partial charge in [0.25, 0.3) is 0 Å². The SMILES string of the molecule is CC(=O)CC(C)(C)Cc1nc(-c2ccccc2)cs1. The second kappa shape index (κ2) is 5.66. The van der Waals surface area contributed by atoms with Crippen molar-refractivity contribution in [3.63, 3.8) is 0 Å². The first-order chi connectivity index (χ1) is 8.96. The highest BCUT2D eigenvalue weighted by Gasteiger charge is 2.22. The van der Waals surface area contributed by atoms with Crippen LogP contribution in [0.2, 0.25) is 0 Å². The lowest BCUT2D eigenvalue weighted by Crippen LogP contribution is -2.18. The van der Waals surface area contributed by atoms with Gasteiger partial charge in [-0.2, -0.15) is 0 Å². The maximum atomic E-state index is 11.3. The number of Topliss-reactive ketones (excluding diaryl/α,β-unsaturated/α-hetero) is 1. The van der Waals surface area contributed by atoms with Crippen LogP contribution in [-0.2, 0) is 11.2 Å². The molecule has 0 unspecified atom stereocenters. The number of carbonyl (C=O) groups excluding carboxylic acids is 1. The Morgan fingerprint density at radius 3 is 2.58 bits per heavy atom. The first kappa shape index (κ1) is 13.9. The molecule has 1 heterocycles. The van der Waals surface area contributed by atoms with Crippen LogP contribution >= 0.6 is 11.3 Å². The van der Waals surface area contributed by atoms with Gasteiger partial charge in [-0.05, 0) is 12.3 Å². The van der Waals surface area contributed by atoms with Gasteiger partial charge in [0.05, 0.1) is 10.7 Å². The number of nitrogens with zero attached hydrogens (tertiary/aromatic N) is 1. The van der Waals surface area contributed by atoms with Gasteiger partial charge >= 0.3 is 0 Å². The minimum absolute atomic E-state index is 0.0162. The molecule has 100 valence electrons. The van der Waals surface area contributed by atoms with Gasteiger partial charge in [-0.25, -0.2) is 4.98 Å². The number of benzene rings is 1. The van der Waals surface area contributed by atoms with Crippen molar-refractivity contribution < 1.29 is 4.79 Å². The molecule has 0 fully saturated rings. The number of hydrogen-bond acceptors (Lipinski definition) is 3. The molecule has 2 nitrogen and oxygen atoms in total. The van der Waals surface area contributed by atoms with Gasteiger partial charge in [0, 0.05) is 23.8 Å². The quantitative estimate of drug-likeness (QED) is 0.810. The van der Waals surface area contributed by atoms with Crippen LogP contribution in [0.1, 0.15) is 32.2 Å². The summed E-state index contributed by atoms with van der Waals surface area (Å²) in [5.41, 5.74) is 2.16. The molecule has 0 saturated carbocycles. The average molecular weight is 273 g/mol. The Kier molecular flexibility index (Phi) is 4.15. The number of ketones is 1. The molecule has 19 heavy (non-hydrogen) atoms. The van der Waals surface area contributed by atoms with E-state index in [0.717, 1.165) is 22.7 Å². The highest BCUT2D eigenvalue weighted by molar-refractivity contribution is 7.09. The molecule has 0 radical (unpaired) electrons. The van der Waals surface area contributed by atoms with Gasteiger partial charge in [0.15, 0.2) is 0 Å². The molecule has 0 saturated heterocycles. The largest absolute Gasteiger partial charge is 0.300 e. The van der Waals surface area contributed by atoms with Crippen LogP contribution in [-0.4, -0.2) is 10.8 Å². The Hall–Kier alpha value is -1.48. The number of aromatic nitrogens is 1. The minimum atomic E-state index is -0.0162. The third-order valence-electron chi connectivity index (χ3n) is 2.98. The van der Waals surface area contributed by atoms with Crippen molar-refractivity contribution in [3.05, 3.63) is 40.7 Å². The zero-order valence-corrected chi connectivity index (χ0v) is 12.5. The van der Waals surface area contributed by atoms with E-state index in [1.54, 1.807) is 18.3 Å². The molecule has 0 amide bonds. The van der Waals surface area contributed by atoms with Crippen LogP contribution < -0.4 is 0 Å². The summed E-state index contributed by atoms with van der Waals surface area (Å²) in [6.07, 6.45) is 1.46. The van der Waals surface area contributed by atoms with E-state index in [9.17, 15) is 4.79 Å². The van der Waals surface area contributed by atoms with Gasteiger partial charge < -0.3 is 4.79 Å². The lowest BCUT2D eigenvalue weighted by Gasteiger charge is -2.21. The van der Waals surface area contributed by atoms with Crippen LogP contribution in [0, 0.1) is 5.41 Å². The van der Waals surface area contributed by atoms with Crippen LogP contribution in [0.5, 0.6) is 0 Å². The standard InChI is InChI=1S/C16H19NOS/c1-12(18)9-16(2,3)10-15-17-14(11-19-15)13-7-5-4-6-8-13/h4-8,11H,9-10H2,1-3H3. The first-order valence-corrected chi connectivity index (χ1v) is 7.33. The second-order valence-corrected chi connectivity index (χ2v) is 6.65. The molecule has 0 atom stereocenters. The number of hydrogen-bond donors (Lipinski definition) is 0. The molecule has 0 aliphatic carbocycles. The summed E-state index contributed by atoms with van der Waals surface area (Å²) in [6, 6.07) is 10.2. The predicted molar refractivity (Wildman–Crippen MR) is 80.3 cm³/mol. The van der Waals surface area contributed by atoms with Crippen molar-refractivity contribution in [2.75, 3.05) is 0 Å². The van der Waals surface area contributed by atoms with Gasteiger partial charge in [0.1, 0.15) is 5.78 Å². The van der Waals surface area contributed by atoms with Gasteiger partial charge in [-0.1, -0.05) is 44.2 Å². The van der Waals surface area contributed by atoms with E-state index in [0.29, 0.717) is 6.42 Å². The Labute approximate surface area is 118 Å². The van der Waals surface area contributed by atoms with E-state index in [2.05, 4.69) is 36.3 Å². The van der Waals surface area contributed by atoms with Crippen molar-refractivity contribution in [2.45, 2.75) is 33.6 Å². The summed E-state index contributed by atoms with van der Waals surface area (Å²) in [5.74, 6) is 0.241. The fourth-order valence-corrected chi connectivity index (χ4v) is 3.34. The summed E-state index contributed by atoms with van der Waals surface area (Å²) in [7, 11) is 0. The van der Waals surface area contributed by atoms with Crippen molar-refractivity contribution in [3.8, 4) is 11.3 Å². The molecule has 0 bridgehead atoms. The minimum Gasteiger partial charge on any atom is -0.300 e. The summed E-state index contributed by atoms with van der Waals surface area (Å²) >= 11 is 1.68. The number of thiazole rings is 1. The summed E-state index contributed by atoms with van der Waals surface area (Å²) in [4.78, 5) is 15.9. The highest BCUT2D eigenvalue weighted by atomic mass is 32.1. The third kappa shape index (κ3) is 4.00. The van der Waals surface area contributed by atoms with Crippen LogP contribution in [0.3, 0.4) is 0 Å². The predicted octanol–water partition coefficient (Wildman–Crippen LogP) is 4.36. The van der Waals surface area contributed by atoms with E-state index in [4.69, 9.17) is 0 Å². The molecular weight excluding hydrogens is 254 g/mol. The maximum absolute atomic E-state index is 11.3. The molecule has 0 aliphatic heterocycles. The van der Waals surface area contributed by atoms with E-state index >= 15 is 0 Å². The van der Waals surface area contributed by atoms with Crippen molar-refractivity contribution in [2.24, 2.45) is 5.41 Å². The molecule has 0 spiro atoms. The third-order valence-corrected chi connectivity index (χ3v) is 3.83. The topological polar surface area (TPSA) is 30.0 Å². The second-order valence-electron chi connectivity index (χ2n) is 5.71. The molecule has 1 aromatic heterocycles. The zero-order chi connectivity index (χ0) is 13.9. The molecule has 3 heteroatoms. The molecule has 0 N–H and O–H groups in total. The fourth-order valence-electron chi connectivity index (χ4n) is 2.28. The van der Waals surface area contributed by atoms with E-state index < -0.39 is 0 Å². The Balaban J connectivity index is 2.12. The number of rotatable bonds is 5. The molecular formula is C16H19NOS. The maximum Gasteiger partial charge on any atom is 0.130 e. The zero-order valence-electron chi connectivity index (χ0n) is 11.6. The van der Waals surface area contributed by atoms with Gasteiger partial charge in [-0.3, -0.25) is 0 Å². The lowest BCUT2D eigenvalue weighted by atomic mass is 9.84. The molecule has 2 rings (SSSR count). The first-order valence-electron chi connectivity index (χ1n) is 6.45. The number of carbonyl (C=O) groups is 1. The van der Waals surface area contributed by atoms with Crippen molar-refractivity contribution >= 4 is 17.1 Å². The van der Waals surface area contributed by atoms with Crippen LogP contribution in [0.25, 0.3) is 11.3 Å². The summed E-state index contributed by atoms with van der Waals surface area (Å²) < 4.78 is 0. The Morgan fingerprint density at radius 1 is 1.26 bits per heavy atom. The summed E-state index contributed by atoms with van der Waals surface area (Å²) in [5, 5.41) is 3.19. The monoisotopic (exact) mass is 273 g/mol.